The Bertz CT molecular complexity index is 463. The smallest absolute Gasteiger partial charge is 0.340 e. The maximum atomic E-state index is 11.9. The highest BCUT2D eigenvalue weighted by Crippen LogP contribution is 2.19. The molecule has 0 aliphatic carbocycles. The lowest BCUT2D eigenvalue weighted by atomic mass is 10.1. The van der Waals surface area contributed by atoms with Crippen molar-refractivity contribution in [1.82, 2.24) is 0 Å². The van der Waals surface area contributed by atoms with Crippen molar-refractivity contribution in [3.8, 4) is 0 Å². The van der Waals surface area contributed by atoms with Crippen molar-refractivity contribution < 1.29 is 9.53 Å². The molecule has 2 N–H and O–H groups in total. The van der Waals surface area contributed by atoms with Crippen LogP contribution in [0.3, 0.4) is 0 Å². The van der Waals surface area contributed by atoms with Gasteiger partial charge < -0.3 is 10.5 Å². The van der Waals surface area contributed by atoms with E-state index >= 15 is 0 Å². The molecule has 0 bridgehead atoms. The highest BCUT2D eigenvalue weighted by atomic mass is 35.5. The monoisotopic (exact) mass is 339 g/mol. The predicted octanol–water partition coefficient (Wildman–Crippen LogP) is 6.00. The average Bonchev–Trinajstić information content (AvgIpc) is 2.52. The summed E-state index contributed by atoms with van der Waals surface area (Å²) in [6.07, 6.45) is 12.6. The number of halogens is 1. The highest BCUT2D eigenvalue weighted by Gasteiger charge is 2.11. The topological polar surface area (TPSA) is 52.3 Å². The van der Waals surface area contributed by atoms with E-state index in [1.165, 1.54) is 51.4 Å². The van der Waals surface area contributed by atoms with Gasteiger partial charge in [-0.15, -0.1) is 0 Å². The zero-order chi connectivity index (χ0) is 16.9. The van der Waals surface area contributed by atoms with Gasteiger partial charge >= 0.3 is 5.97 Å². The number of anilines is 1. The van der Waals surface area contributed by atoms with Gasteiger partial charge in [-0.1, -0.05) is 76.3 Å². The Morgan fingerprint density at radius 1 is 1.00 bits per heavy atom. The van der Waals surface area contributed by atoms with Crippen molar-refractivity contribution in [3.05, 3.63) is 28.8 Å². The van der Waals surface area contributed by atoms with Crippen LogP contribution in [0.2, 0.25) is 5.02 Å². The summed E-state index contributed by atoms with van der Waals surface area (Å²) >= 11 is 5.81. The lowest BCUT2D eigenvalue weighted by Gasteiger charge is -2.07. The molecule has 0 unspecified atom stereocenters. The number of ether oxygens (including phenoxy) is 1. The van der Waals surface area contributed by atoms with E-state index in [0.29, 0.717) is 22.9 Å². The average molecular weight is 340 g/mol. The maximum absolute atomic E-state index is 11.9. The zero-order valence-electron chi connectivity index (χ0n) is 14.3. The van der Waals surface area contributed by atoms with Crippen LogP contribution in [0.4, 0.5) is 5.69 Å². The predicted molar refractivity (Wildman–Crippen MR) is 98.0 cm³/mol. The summed E-state index contributed by atoms with van der Waals surface area (Å²) in [6.45, 7) is 2.70. The summed E-state index contributed by atoms with van der Waals surface area (Å²) in [6, 6.07) is 4.83. The molecule has 1 rings (SSSR count). The number of hydrogen-bond acceptors (Lipinski definition) is 3. The molecular weight excluding hydrogens is 310 g/mol. The minimum Gasteiger partial charge on any atom is -0.462 e. The first-order valence-corrected chi connectivity index (χ1v) is 9.25. The Labute approximate surface area is 145 Å². The van der Waals surface area contributed by atoms with E-state index in [0.717, 1.165) is 12.8 Å². The van der Waals surface area contributed by atoms with Gasteiger partial charge in [0.15, 0.2) is 0 Å². The van der Waals surface area contributed by atoms with E-state index in [-0.39, 0.29) is 5.97 Å². The molecule has 0 saturated heterocycles. The second-order valence-electron chi connectivity index (χ2n) is 6.05. The molecule has 0 atom stereocenters. The molecule has 1 aromatic carbocycles. The van der Waals surface area contributed by atoms with Crippen LogP contribution in [0, 0.1) is 0 Å². The minimum absolute atomic E-state index is 0.366. The number of nitrogens with two attached hydrogens (primary N) is 1. The number of nitrogen functional groups attached to an aromatic ring is 1. The van der Waals surface area contributed by atoms with Crippen molar-refractivity contribution >= 4 is 23.3 Å². The Morgan fingerprint density at radius 2 is 1.57 bits per heavy atom. The summed E-state index contributed by atoms with van der Waals surface area (Å²) in [7, 11) is 0. The summed E-state index contributed by atoms with van der Waals surface area (Å²) in [5, 5.41) is 0.522. The second-order valence-corrected chi connectivity index (χ2v) is 6.49. The number of carbonyl (C=O) groups excluding carboxylic acids is 1. The lowest BCUT2D eigenvalue weighted by Crippen LogP contribution is -2.09. The molecule has 0 spiro atoms. The first kappa shape index (κ1) is 19.8. The van der Waals surface area contributed by atoms with Crippen LogP contribution in [0.5, 0.6) is 0 Å². The van der Waals surface area contributed by atoms with E-state index in [1.54, 1.807) is 18.2 Å². The Hall–Kier alpha value is -1.22. The minimum atomic E-state index is -0.366. The van der Waals surface area contributed by atoms with Crippen molar-refractivity contribution in [2.45, 2.75) is 71.1 Å². The van der Waals surface area contributed by atoms with Gasteiger partial charge in [0.05, 0.1) is 12.2 Å². The normalized spacial score (nSPS) is 10.7. The summed E-state index contributed by atoms with van der Waals surface area (Å²) in [5.74, 6) is -0.366. The molecule has 4 heteroatoms. The van der Waals surface area contributed by atoms with Gasteiger partial charge in [-0.05, 0) is 24.6 Å². The van der Waals surface area contributed by atoms with Crippen molar-refractivity contribution in [3.63, 3.8) is 0 Å². The fraction of sp³-hybridized carbons (Fsp3) is 0.632. The quantitative estimate of drug-likeness (QED) is 0.288. The van der Waals surface area contributed by atoms with Crippen LogP contribution < -0.4 is 5.73 Å². The fourth-order valence-electron chi connectivity index (χ4n) is 2.55. The third kappa shape index (κ3) is 8.85. The fourth-order valence-corrected chi connectivity index (χ4v) is 2.73. The summed E-state index contributed by atoms with van der Waals surface area (Å²) < 4.78 is 5.26. The third-order valence-electron chi connectivity index (χ3n) is 3.96. The maximum Gasteiger partial charge on any atom is 0.340 e. The molecule has 0 aliphatic rings. The summed E-state index contributed by atoms with van der Waals surface area (Å²) in [5.41, 5.74) is 6.52. The number of hydrogen-bond donors (Lipinski definition) is 1. The van der Waals surface area contributed by atoms with Gasteiger partial charge in [0.1, 0.15) is 0 Å². The number of carbonyl (C=O) groups is 1. The van der Waals surface area contributed by atoms with Crippen LogP contribution in [0.15, 0.2) is 18.2 Å². The summed E-state index contributed by atoms with van der Waals surface area (Å²) in [4.78, 5) is 11.9. The van der Waals surface area contributed by atoms with Crippen LogP contribution in [0.25, 0.3) is 0 Å². The molecule has 0 amide bonds. The highest BCUT2D eigenvalue weighted by molar-refractivity contribution is 6.31. The van der Waals surface area contributed by atoms with Gasteiger partial charge in [0, 0.05) is 10.7 Å². The molecular formula is C19H30ClNO2. The molecule has 0 saturated carbocycles. The van der Waals surface area contributed by atoms with Gasteiger partial charge in [-0.3, -0.25) is 0 Å². The molecule has 0 aromatic heterocycles. The van der Waals surface area contributed by atoms with E-state index in [4.69, 9.17) is 22.1 Å². The standard InChI is InChI=1S/C19H30ClNO2/c1-2-3-4-5-6-7-8-9-10-11-14-23-19(22)17-13-12-16(20)15-18(17)21/h12-13,15H,2-11,14,21H2,1H3. The molecule has 23 heavy (non-hydrogen) atoms. The van der Waals surface area contributed by atoms with E-state index in [1.807, 2.05) is 0 Å². The van der Waals surface area contributed by atoms with E-state index in [2.05, 4.69) is 6.92 Å². The number of esters is 1. The van der Waals surface area contributed by atoms with Crippen molar-refractivity contribution in [2.75, 3.05) is 12.3 Å². The Balaban J connectivity index is 2.01. The van der Waals surface area contributed by atoms with Crippen molar-refractivity contribution in [2.24, 2.45) is 0 Å². The molecule has 0 fully saturated rings. The lowest BCUT2D eigenvalue weighted by molar-refractivity contribution is 0.0499. The van der Waals surface area contributed by atoms with Crippen LogP contribution in [0.1, 0.15) is 81.5 Å². The number of unbranched alkanes of at least 4 members (excludes halogenated alkanes) is 9. The van der Waals surface area contributed by atoms with Gasteiger partial charge in [-0.25, -0.2) is 4.79 Å². The number of benzene rings is 1. The van der Waals surface area contributed by atoms with Gasteiger partial charge in [-0.2, -0.15) is 0 Å². The SMILES string of the molecule is CCCCCCCCCCCCOC(=O)c1ccc(Cl)cc1N. The second kappa shape index (κ2) is 12.2. The Morgan fingerprint density at radius 3 is 2.13 bits per heavy atom. The number of rotatable bonds is 12. The first-order chi connectivity index (χ1) is 11.1. The largest absolute Gasteiger partial charge is 0.462 e. The van der Waals surface area contributed by atoms with Gasteiger partial charge in [0.2, 0.25) is 0 Å². The first-order valence-electron chi connectivity index (χ1n) is 8.87. The Kier molecular flexibility index (Phi) is 10.5. The molecule has 0 aliphatic heterocycles. The van der Waals surface area contributed by atoms with Gasteiger partial charge in [0.25, 0.3) is 0 Å². The van der Waals surface area contributed by atoms with Crippen LogP contribution in [-0.2, 0) is 4.74 Å². The molecule has 3 nitrogen and oxygen atoms in total. The van der Waals surface area contributed by atoms with Crippen LogP contribution >= 0.6 is 11.6 Å². The van der Waals surface area contributed by atoms with E-state index < -0.39 is 0 Å². The zero-order valence-corrected chi connectivity index (χ0v) is 15.0. The van der Waals surface area contributed by atoms with E-state index in [9.17, 15) is 4.79 Å². The van der Waals surface area contributed by atoms with Crippen molar-refractivity contribution in [1.29, 1.82) is 0 Å². The molecule has 1 aromatic rings. The molecule has 0 radical (unpaired) electrons. The molecule has 0 heterocycles. The third-order valence-corrected chi connectivity index (χ3v) is 4.20. The van der Waals surface area contributed by atoms with Crippen LogP contribution in [-0.4, -0.2) is 12.6 Å². The molecule has 130 valence electrons.